The highest BCUT2D eigenvalue weighted by atomic mass is 32.1. The minimum Gasteiger partial charge on any atom is -0.349 e. The zero-order valence-electron chi connectivity index (χ0n) is 12.8. The standard InChI is InChI=1S/C16H19N3O2S/c1-10-4-6-13(7-5-10)14(18-12(3)20)8-15(21)19-16-17-9-11(2)22-16/h4-7,9,14H,8H2,1-3H3,(H,18,20)(H,17,19,21)/t14-/m1/s1. The highest BCUT2D eigenvalue weighted by molar-refractivity contribution is 7.15. The predicted octanol–water partition coefficient (Wildman–Crippen LogP) is 2.97. The molecule has 0 saturated carbocycles. The molecule has 0 aliphatic carbocycles. The van der Waals surface area contributed by atoms with E-state index >= 15 is 0 Å². The number of nitrogens with zero attached hydrogens (tertiary/aromatic N) is 1. The molecule has 0 saturated heterocycles. The molecule has 0 radical (unpaired) electrons. The van der Waals surface area contributed by atoms with Gasteiger partial charge in [-0.15, -0.1) is 11.3 Å². The summed E-state index contributed by atoms with van der Waals surface area (Å²) in [5, 5.41) is 6.16. The van der Waals surface area contributed by atoms with Crippen LogP contribution in [0.3, 0.4) is 0 Å². The summed E-state index contributed by atoms with van der Waals surface area (Å²) in [6.07, 6.45) is 1.88. The van der Waals surface area contributed by atoms with Gasteiger partial charge in [-0.3, -0.25) is 9.59 Å². The first-order valence-corrected chi connectivity index (χ1v) is 7.81. The second kappa shape index (κ2) is 7.17. The van der Waals surface area contributed by atoms with Crippen LogP contribution in [0.2, 0.25) is 0 Å². The molecule has 1 atom stereocenters. The number of anilines is 1. The van der Waals surface area contributed by atoms with Crippen molar-refractivity contribution in [2.75, 3.05) is 5.32 Å². The van der Waals surface area contributed by atoms with Crippen LogP contribution in [-0.2, 0) is 9.59 Å². The maximum Gasteiger partial charge on any atom is 0.228 e. The van der Waals surface area contributed by atoms with E-state index in [2.05, 4.69) is 15.6 Å². The van der Waals surface area contributed by atoms with Crippen LogP contribution in [0.1, 0.15) is 35.4 Å². The van der Waals surface area contributed by atoms with E-state index < -0.39 is 0 Å². The Labute approximate surface area is 133 Å². The summed E-state index contributed by atoms with van der Waals surface area (Å²) in [6, 6.07) is 7.44. The van der Waals surface area contributed by atoms with Crippen molar-refractivity contribution in [1.29, 1.82) is 0 Å². The largest absolute Gasteiger partial charge is 0.349 e. The molecule has 0 bridgehead atoms. The Morgan fingerprint density at radius 3 is 2.45 bits per heavy atom. The topological polar surface area (TPSA) is 71.1 Å². The molecule has 22 heavy (non-hydrogen) atoms. The van der Waals surface area contributed by atoms with Gasteiger partial charge < -0.3 is 10.6 Å². The van der Waals surface area contributed by atoms with Crippen LogP contribution < -0.4 is 10.6 Å². The van der Waals surface area contributed by atoms with Crippen LogP contribution in [0.5, 0.6) is 0 Å². The van der Waals surface area contributed by atoms with Crippen molar-refractivity contribution in [1.82, 2.24) is 10.3 Å². The Kier molecular flexibility index (Phi) is 5.27. The quantitative estimate of drug-likeness (QED) is 0.890. The van der Waals surface area contributed by atoms with Gasteiger partial charge >= 0.3 is 0 Å². The molecule has 0 aliphatic rings. The molecule has 1 aromatic carbocycles. The van der Waals surface area contributed by atoms with Crippen LogP contribution in [0.4, 0.5) is 5.13 Å². The Balaban J connectivity index is 2.07. The summed E-state index contributed by atoms with van der Waals surface area (Å²) in [7, 11) is 0. The van der Waals surface area contributed by atoms with Crippen molar-refractivity contribution >= 4 is 28.3 Å². The van der Waals surface area contributed by atoms with E-state index in [1.807, 2.05) is 38.1 Å². The Morgan fingerprint density at radius 2 is 1.91 bits per heavy atom. The maximum absolute atomic E-state index is 12.2. The fourth-order valence-electron chi connectivity index (χ4n) is 2.06. The summed E-state index contributed by atoms with van der Waals surface area (Å²) >= 11 is 1.42. The average Bonchev–Trinajstić information content (AvgIpc) is 2.83. The molecule has 116 valence electrons. The van der Waals surface area contributed by atoms with E-state index in [1.54, 1.807) is 6.20 Å². The lowest BCUT2D eigenvalue weighted by atomic mass is 10.0. The van der Waals surface area contributed by atoms with Crippen molar-refractivity contribution in [3.63, 3.8) is 0 Å². The lowest BCUT2D eigenvalue weighted by molar-refractivity contribution is -0.120. The van der Waals surface area contributed by atoms with Gasteiger partial charge in [0.25, 0.3) is 0 Å². The van der Waals surface area contributed by atoms with E-state index in [4.69, 9.17) is 0 Å². The molecule has 0 fully saturated rings. The number of benzene rings is 1. The number of carbonyl (C=O) groups excluding carboxylic acids is 2. The Hall–Kier alpha value is -2.21. The highest BCUT2D eigenvalue weighted by Gasteiger charge is 2.17. The van der Waals surface area contributed by atoms with Crippen molar-refractivity contribution in [3.8, 4) is 0 Å². The number of rotatable bonds is 5. The lowest BCUT2D eigenvalue weighted by Crippen LogP contribution is -2.29. The smallest absolute Gasteiger partial charge is 0.228 e. The molecular formula is C16H19N3O2S. The van der Waals surface area contributed by atoms with Crippen LogP contribution in [0.15, 0.2) is 30.5 Å². The number of carbonyl (C=O) groups is 2. The van der Waals surface area contributed by atoms with Gasteiger partial charge in [0.05, 0.1) is 12.5 Å². The first-order chi connectivity index (χ1) is 10.4. The number of aryl methyl sites for hydroxylation is 2. The second-order valence-corrected chi connectivity index (χ2v) is 6.43. The summed E-state index contributed by atoms with van der Waals surface area (Å²) in [5.41, 5.74) is 2.04. The summed E-state index contributed by atoms with van der Waals surface area (Å²) in [4.78, 5) is 28.7. The van der Waals surface area contributed by atoms with Gasteiger partial charge in [-0.05, 0) is 19.4 Å². The number of aromatic nitrogens is 1. The van der Waals surface area contributed by atoms with Gasteiger partial charge in [-0.1, -0.05) is 29.8 Å². The molecule has 2 rings (SSSR count). The van der Waals surface area contributed by atoms with Gasteiger partial charge in [0.2, 0.25) is 11.8 Å². The number of hydrogen-bond acceptors (Lipinski definition) is 4. The summed E-state index contributed by atoms with van der Waals surface area (Å²) in [6.45, 7) is 5.37. The monoisotopic (exact) mass is 317 g/mol. The fraction of sp³-hybridized carbons (Fsp3) is 0.312. The molecule has 6 heteroatoms. The van der Waals surface area contributed by atoms with Gasteiger partial charge in [-0.25, -0.2) is 4.98 Å². The van der Waals surface area contributed by atoms with Crippen LogP contribution in [-0.4, -0.2) is 16.8 Å². The van der Waals surface area contributed by atoms with Gasteiger partial charge in [0.1, 0.15) is 0 Å². The lowest BCUT2D eigenvalue weighted by Gasteiger charge is -2.18. The third kappa shape index (κ3) is 4.66. The van der Waals surface area contributed by atoms with Gasteiger partial charge in [-0.2, -0.15) is 0 Å². The SMILES string of the molecule is CC(=O)N[C@H](CC(=O)Nc1ncc(C)s1)c1ccc(C)cc1. The van der Waals surface area contributed by atoms with Crippen molar-refractivity contribution < 1.29 is 9.59 Å². The summed E-state index contributed by atoms with van der Waals surface area (Å²) < 4.78 is 0. The van der Waals surface area contributed by atoms with E-state index in [0.717, 1.165) is 16.0 Å². The molecule has 2 N–H and O–H groups in total. The van der Waals surface area contributed by atoms with Crippen LogP contribution in [0, 0.1) is 13.8 Å². The minimum atomic E-state index is -0.348. The molecule has 2 aromatic rings. The van der Waals surface area contributed by atoms with E-state index in [0.29, 0.717) is 5.13 Å². The number of hydrogen-bond donors (Lipinski definition) is 2. The predicted molar refractivity (Wildman–Crippen MR) is 87.8 cm³/mol. The average molecular weight is 317 g/mol. The summed E-state index contributed by atoms with van der Waals surface area (Å²) in [5.74, 6) is -0.336. The number of nitrogens with one attached hydrogen (secondary N) is 2. The van der Waals surface area contributed by atoms with Crippen molar-refractivity contribution in [3.05, 3.63) is 46.5 Å². The zero-order valence-corrected chi connectivity index (χ0v) is 13.7. The van der Waals surface area contributed by atoms with E-state index in [-0.39, 0.29) is 24.3 Å². The maximum atomic E-state index is 12.2. The normalized spacial score (nSPS) is 11.8. The first kappa shape index (κ1) is 16.2. The Bertz CT molecular complexity index is 664. The number of amides is 2. The molecule has 0 aliphatic heterocycles. The van der Waals surface area contributed by atoms with Gasteiger partial charge in [0, 0.05) is 18.0 Å². The molecule has 2 amide bonds. The van der Waals surface area contributed by atoms with Gasteiger partial charge in [0.15, 0.2) is 5.13 Å². The molecule has 0 spiro atoms. The Morgan fingerprint density at radius 1 is 1.23 bits per heavy atom. The van der Waals surface area contributed by atoms with Crippen LogP contribution >= 0.6 is 11.3 Å². The molecule has 1 aromatic heterocycles. The highest BCUT2D eigenvalue weighted by Crippen LogP contribution is 2.20. The molecule has 1 heterocycles. The minimum absolute atomic E-state index is 0.163. The number of thiazole rings is 1. The molecular weight excluding hydrogens is 298 g/mol. The third-order valence-electron chi connectivity index (χ3n) is 3.11. The second-order valence-electron chi connectivity index (χ2n) is 5.19. The van der Waals surface area contributed by atoms with Crippen LogP contribution in [0.25, 0.3) is 0 Å². The fourth-order valence-corrected chi connectivity index (χ4v) is 2.75. The van der Waals surface area contributed by atoms with E-state index in [1.165, 1.54) is 18.3 Å². The molecule has 0 unspecified atom stereocenters. The molecule has 5 nitrogen and oxygen atoms in total. The zero-order chi connectivity index (χ0) is 16.1. The first-order valence-electron chi connectivity index (χ1n) is 7.00. The van der Waals surface area contributed by atoms with Crippen molar-refractivity contribution in [2.24, 2.45) is 0 Å². The van der Waals surface area contributed by atoms with Crippen molar-refractivity contribution in [2.45, 2.75) is 33.2 Å². The van der Waals surface area contributed by atoms with E-state index in [9.17, 15) is 9.59 Å². The third-order valence-corrected chi connectivity index (χ3v) is 3.94.